The van der Waals surface area contributed by atoms with Crippen LogP contribution in [0.2, 0.25) is 0 Å². The summed E-state index contributed by atoms with van der Waals surface area (Å²) in [5.41, 5.74) is 5.54. The van der Waals surface area contributed by atoms with Crippen molar-refractivity contribution in [2.24, 2.45) is 5.73 Å². The lowest BCUT2D eigenvalue weighted by Gasteiger charge is -2.18. The maximum atomic E-state index is 12.3. The summed E-state index contributed by atoms with van der Waals surface area (Å²) in [4.78, 5) is 10.5. The molecule has 0 saturated carbocycles. The van der Waals surface area contributed by atoms with Gasteiger partial charge in [0.25, 0.3) is 0 Å². The first-order valence-electron chi connectivity index (χ1n) is 5.81. The maximum absolute atomic E-state index is 12.3. The van der Waals surface area contributed by atoms with Gasteiger partial charge in [-0.1, -0.05) is 18.2 Å². The number of para-hydroxylation sites is 1. The van der Waals surface area contributed by atoms with Crippen LogP contribution in [0.4, 0.5) is 13.6 Å². The van der Waals surface area contributed by atoms with Crippen LogP contribution < -0.4 is 21.1 Å². The number of halogens is 2. The van der Waals surface area contributed by atoms with Gasteiger partial charge >= 0.3 is 12.6 Å². The number of nitrogens with one attached hydrogen (secondary N) is 2. The van der Waals surface area contributed by atoms with Crippen molar-refractivity contribution >= 4 is 6.03 Å². The Morgan fingerprint density at radius 1 is 1.37 bits per heavy atom. The lowest BCUT2D eigenvalue weighted by Crippen LogP contribution is -2.36. The summed E-state index contributed by atoms with van der Waals surface area (Å²) < 4.78 is 29.0. The van der Waals surface area contributed by atoms with Gasteiger partial charge in [-0.3, -0.25) is 0 Å². The zero-order valence-corrected chi connectivity index (χ0v) is 10.5. The third kappa shape index (κ3) is 5.52. The minimum atomic E-state index is -2.86. The van der Waals surface area contributed by atoms with E-state index in [0.29, 0.717) is 18.7 Å². The van der Waals surface area contributed by atoms with Gasteiger partial charge in [0.05, 0.1) is 0 Å². The van der Waals surface area contributed by atoms with Crippen LogP contribution in [-0.4, -0.2) is 25.7 Å². The zero-order valence-electron chi connectivity index (χ0n) is 10.5. The van der Waals surface area contributed by atoms with E-state index in [1.807, 2.05) is 6.92 Å². The lowest BCUT2D eigenvalue weighted by atomic mass is 10.1. The molecule has 1 aromatic rings. The van der Waals surface area contributed by atoms with Gasteiger partial charge in [0.1, 0.15) is 5.75 Å². The Labute approximate surface area is 110 Å². The molecule has 0 aliphatic carbocycles. The number of urea groups is 1. The van der Waals surface area contributed by atoms with E-state index in [-0.39, 0.29) is 11.8 Å². The summed E-state index contributed by atoms with van der Waals surface area (Å²) in [5, 5.41) is 5.50. The van der Waals surface area contributed by atoms with E-state index < -0.39 is 12.6 Å². The highest BCUT2D eigenvalue weighted by Gasteiger charge is 2.13. The molecule has 0 fully saturated rings. The molecule has 1 atom stereocenters. The highest BCUT2D eigenvalue weighted by atomic mass is 19.3. The van der Waals surface area contributed by atoms with Gasteiger partial charge in [-0.05, 0) is 13.0 Å². The van der Waals surface area contributed by atoms with Gasteiger partial charge in [-0.25, -0.2) is 4.79 Å². The van der Waals surface area contributed by atoms with Gasteiger partial charge in [0, 0.05) is 24.7 Å². The van der Waals surface area contributed by atoms with Crippen molar-refractivity contribution in [3.05, 3.63) is 29.8 Å². The average Bonchev–Trinajstić information content (AvgIpc) is 2.34. The van der Waals surface area contributed by atoms with E-state index in [2.05, 4.69) is 15.4 Å². The molecule has 0 aliphatic rings. The molecule has 2 amide bonds. The van der Waals surface area contributed by atoms with E-state index in [4.69, 9.17) is 5.73 Å². The Kier molecular flexibility index (Phi) is 6.01. The fourth-order valence-electron chi connectivity index (χ4n) is 1.63. The van der Waals surface area contributed by atoms with Crippen molar-refractivity contribution in [2.75, 3.05) is 13.1 Å². The number of carbonyl (C=O) groups is 1. The second-order valence-electron chi connectivity index (χ2n) is 3.88. The van der Waals surface area contributed by atoms with Gasteiger partial charge in [-0.2, -0.15) is 8.78 Å². The molecule has 0 radical (unpaired) electrons. The van der Waals surface area contributed by atoms with E-state index in [1.165, 1.54) is 6.07 Å². The number of benzene rings is 1. The number of rotatable bonds is 7. The van der Waals surface area contributed by atoms with Gasteiger partial charge in [-0.15, -0.1) is 0 Å². The fraction of sp³-hybridized carbons (Fsp3) is 0.417. The molecule has 7 heteroatoms. The highest BCUT2D eigenvalue weighted by Crippen LogP contribution is 2.25. The number of hydrogen-bond acceptors (Lipinski definition) is 3. The van der Waals surface area contributed by atoms with Crippen molar-refractivity contribution in [1.82, 2.24) is 10.6 Å². The Morgan fingerprint density at radius 3 is 2.68 bits per heavy atom. The molecule has 0 aliphatic heterocycles. The van der Waals surface area contributed by atoms with Crippen LogP contribution in [0.5, 0.6) is 5.75 Å². The van der Waals surface area contributed by atoms with E-state index in [9.17, 15) is 13.6 Å². The van der Waals surface area contributed by atoms with Crippen LogP contribution in [0.15, 0.2) is 24.3 Å². The standard InChI is InChI=1S/C12H17F2N3O2/c1-8(16-6-7-17-12(15)18)9-4-2-3-5-10(9)19-11(13)14/h2-5,8,11,16H,6-7H2,1H3,(H3,15,17,18). The third-order valence-corrected chi connectivity index (χ3v) is 2.48. The first kappa shape index (κ1) is 15.2. The second-order valence-corrected chi connectivity index (χ2v) is 3.88. The number of hydrogen-bond donors (Lipinski definition) is 3. The minimum Gasteiger partial charge on any atom is -0.434 e. The number of nitrogens with two attached hydrogens (primary N) is 1. The van der Waals surface area contributed by atoms with Crippen molar-refractivity contribution in [3.8, 4) is 5.75 Å². The summed E-state index contributed by atoms with van der Waals surface area (Å²) in [6, 6.07) is 5.77. The summed E-state index contributed by atoms with van der Waals surface area (Å²) in [5.74, 6) is 0.139. The smallest absolute Gasteiger partial charge is 0.387 e. The predicted molar refractivity (Wildman–Crippen MR) is 67.1 cm³/mol. The number of ether oxygens (including phenoxy) is 1. The maximum Gasteiger partial charge on any atom is 0.387 e. The summed E-state index contributed by atoms with van der Waals surface area (Å²) in [6.45, 7) is -0.215. The Balaban J connectivity index is 2.55. The quantitative estimate of drug-likeness (QED) is 0.660. The van der Waals surface area contributed by atoms with Crippen LogP contribution in [-0.2, 0) is 0 Å². The number of amides is 2. The highest BCUT2D eigenvalue weighted by molar-refractivity contribution is 5.71. The molecule has 5 nitrogen and oxygen atoms in total. The Hall–Kier alpha value is -1.89. The number of alkyl halides is 2. The van der Waals surface area contributed by atoms with E-state index >= 15 is 0 Å². The normalized spacial score (nSPS) is 12.2. The largest absolute Gasteiger partial charge is 0.434 e. The molecule has 19 heavy (non-hydrogen) atoms. The SMILES string of the molecule is CC(NCCNC(N)=O)c1ccccc1OC(F)F. The molecule has 4 N–H and O–H groups in total. The molecule has 0 saturated heterocycles. The first-order valence-corrected chi connectivity index (χ1v) is 5.81. The Morgan fingerprint density at radius 2 is 2.05 bits per heavy atom. The van der Waals surface area contributed by atoms with Crippen molar-refractivity contribution < 1.29 is 18.3 Å². The van der Waals surface area contributed by atoms with Crippen LogP contribution in [0.1, 0.15) is 18.5 Å². The summed E-state index contributed by atoms with van der Waals surface area (Å²) >= 11 is 0. The van der Waals surface area contributed by atoms with Gasteiger partial charge < -0.3 is 21.1 Å². The molecule has 0 aromatic heterocycles. The molecule has 0 spiro atoms. The number of carbonyl (C=O) groups excluding carboxylic acids is 1. The molecular formula is C12H17F2N3O2. The molecular weight excluding hydrogens is 256 g/mol. The minimum absolute atomic E-state index is 0.139. The summed E-state index contributed by atoms with van der Waals surface area (Å²) in [7, 11) is 0. The molecule has 0 bridgehead atoms. The molecule has 0 heterocycles. The fourth-order valence-corrected chi connectivity index (χ4v) is 1.63. The Bertz CT molecular complexity index is 416. The molecule has 106 valence electrons. The predicted octanol–water partition coefficient (Wildman–Crippen LogP) is 1.61. The number of primary amides is 1. The van der Waals surface area contributed by atoms with Crippen LogP contribution in [0.25, 0.3) is 0 Å². The average molecular weight is 273 g/mol. The van der Waals surface area contributed by atoms with Gasteiger partial charge in [0.2, 0.25) is 0 Å². The van der Waals surface area contributed by atoms with Crippen LogP contribution in [0, 0.1) is 0 Å². The van der Waals surface area contributed by atoms with Crippen LogP contribution >= 0.6 is 0 Å². The van der Waals surface area contributed by atoms with E-state index in [1.54, 1.807) is 18.2 Å². The summed E-state index contributed by atoms with van der Waals surface area (Å²) in [6.07, 6.45) is 0. The van der Waals surface area contributed by atoms with Crippen LogP contribution in [0.3, 0.4) is 0 Å². The van der Waals surface area contributed by atoms with Crippen molar-refractivity contribution in [3.63, 3.8) is 0 Å². The molecule has 1 rings (SSSR count). The third-order valence-electron chi connectivity index (χ3n) is 2.48. The van der Waals surface area contributed by atoms with Gasteiger partial charge in [0.15, 0.2) is 0 Å². The first-order chi connectivity index (χ1) is 9.00. The molecule has 1 unspecified atom stereocenters. The molecule has 1 aromatic carbocycles. The topological polar surface area (TPSA) is 76.4 Å². The zero-order chi connectivity index (χ0) is 14.3. The van der Waals surface area contributed by atoms with E-state index in [0.717, 1.165) is 0 Å². The lowest BCUT2D eigenvalue weighted by molar-refractivity contribution is -0.0506. The van der Waals surface area contributed by atoms with Crippen molar-refractivity contribution in [1.29, 1.82) is 0 Å². The second kappa shape index (κ2) is 7.52. The monoisotopic (exact) mass is 273 g/mol. The van der Waals surface area contributed by atoms with Crippen molar-refractivity contribution in [2.45, 2.75) is 19.6 Å².